The van der Waals surface area contributed by atoms with E-state index in [4.69, 9.17) is 4.74 Å². The lowest BCUT2D eigenvalue weighted by molar-refractivity contribution is -0.228. The number of hydrogen-bond acceptors (Lipinski definition) is 3. The Morgan fingerprint density at radius 1 is 1.17 bits per heavy atom. The van der Waals surface area contributed by atoms with Gasteiger partial charge in [0.25, 0.3) is 0 Å². The lowest BCUT2D eigenvalue weighted by Crippen LogP contribution is -2.66. The molecule has 128 valence electrons. The fraction of sp³-hybridized carbons (Fsp3) is 0.800. The van der Waals surface area contributed by atoms with Crippen molar-refractivity contribution in [1.29, 1.82) is 0 Å². The predicted molar refractivity (Wildman–Crippen MR) is 90.1 cm³/mol. The first-order valence-corrected chi connectivity index (χ1v) is 8.99. The van der Waals surface area contributed by atoms with Crippen LogP contribution in [0.1, 0.15) is 66.2 Å². The minimum Gasteiger partial charge on any atom is -0.364 e. The van der Waals surface area contributed by atoms with Gasteiger partial charge in [-0.3, -0.25) is 4.79 Å². The Kier molecular flexibility index (Phi) is 3.68. The van der Waals surface area contributed by atoms with Crippen LogP contribution in [0.25, 0.3) is 0 Å². The molecule has 3 heteroatoms. The van der Waals surface area contributed by atoms with Gasteiger partial charge < -0.3 is 9.53 Å². The van der Waals surface area contributed by atoms with Gasteiger partial charge in [0.2, 0.25) is 0 Å². The second-order valence-electron chi connectivity index (χ2n) is 8.91. The van der Waals surface area contributed by atoms with E-state index in [2.05, 4.69) is 27.4 Å². The monoisotopic (exact) mass is 318 g/mol. The molecule has 0 bridgehead atoms. The van der Waals surface area contributed by atoms with Crippen LogP contribution < -0.4 is 0 Å². The molecule has 3 aliphatic rings. The van der Waals surface area contributed by atoms with Gasteiger partial charge in [0.15, 0.2) is 0 Å². The molecule has 3 nitrogen and oxygen atoms in total. The Morgan fingerprint density at radius 3 is 2.43 bits per heavy atom. The zero-order chi connectivity index (χ0) is 17.1. The molecule has 3 rings (SSSR count). The van der Waals surface area contributed by atoms with Crippen molar-refractivity contribution in [2.24, 2.45) is 22.7 Å². The summed E-state index contributed by atoms with van der Waals surface area (Å²) in [4.78, 5) is 24.8. The van der Waals surface area contributed by atoms with E-state index in [1.165, 1.54) is 0 Å². The molecule has 2 saturated carbocycles. The summed E-state index contributed by atoms with van der Waals surface area (Å²) in [5.74, 6) is 0.229. The van der Waals surface area contributed by atoms with Crippen LogP contribution in [0.2, 0.25) is 0 Å². The molecule has 3 fully saturated rings. The third kappa shape index (κ3) is 2.05. The van der Waals surface area contributed by atoms with Crippen molar-refractivity contribution >= 4 is 12.1 Å². The highest BCUT2D eigenvalue weighted by Crippen LogP contribution is 2.66. The summed E-state index contributed by atoms with van der Waals surface area (Å²) < 4.78 is 6.71. The molecule has 1 saturated heterocycles. The van der Waals surface area contributed by atoms with Crippen molar-refractivity contribution in [3.05, 3.63) is 12.7 Å². The number of carbonyl (C=O) groups is 2. The van der Waals surface area contributed by atoms with Gasteiger partial charge in [-0.15, -0.1) is 6.58 Å². The number of ketones is 1. The van der Waals surface area contributed by atoms with E-state index in [1.54, 1.807) is 0 Å². The van der Waals surface area contributed by atoms with Gasteiger partial charge >= 0.3 is 0 Å². The quantitative estimate of drug-likeness (QED) is 0.568. The van der Waals surface area contributed by atoms with Crippen molar-refractivity contribution < 1.29 is 14.3 Å². The first-order valence-electron chi connectivity index (χ1n) is 8.99. The number of hydrogen-bond donors (Lipinski definition) is 0. The number of ether oxygens (including phenoxy) is 1. The van der Waals surface area contributed by atoms with E-state index < -0.39 is 5.41 Å². The molecule has 0 unspecified atom stereocenters. The summed E-state index contributed by atoms with van der Waals surface area (Å²) in [6.45, 7) is 12.4. The normalized spacial score (nSPS) is 53.1. The van der Waals surface area contributed by atoms with Crippen molar-refractivity contribution in [2.45, 2.75) is 77.4 Å². The Bertz CT molecular complexity index is 555. The van der Waals surface area contributed by atoms with Crippen LogP contribution in [-0.2, 0) is 14.3 Å². The average molecular weight is 318 g/mol. The van der Waals surface area contributed by atoms with Crippen molar-refractivity contribution in [1.82, 2.24) is 0 Å². The fourth-order valence-corrected chi connectivity index (χ4v) is 6.15. The second-order valence-corrected chi connectivity index (χ2v) is 8.91. The molecule has 1 spiro atoms. The molecule has 0 amide bonds. The maximum atomic E-state index is 13.0. The zero-order valence-corrected chi connectivity index (χ0v) is 15.0. The van der Waals surface area contributed by atoms with E-state index in [0.29, 0.717) is 6.42 Å². The van der Waals surface area contributed by atoms with Crippen LogP contribution in [-0.4, -0.2) is 23.3 Å². The van der Waals surface area contributed by atoms with Gasteiger partial charge in [0.05, 0.1) is 11.2 Å². The maximum Gasteiger partial charge on any atom is 0.137 e. The van der Waals surface area contributed by atoms with Crippen LogP contribution >= 0.6 is 0 Å². The van der Waals surface area contributed by atoms with Crippen molar-refractivity contribution in [3.8, 4) is 0 Å². The largest absolute Gasteiger partial charge is 0.364 e. The van der Waals surface area contributed by atoms with E-state index in [1.807, 2.05) is 13.0 Å². The second kappa shape index (κ2) is 5.02. The highest BCUT2D eigenvalue weighted by atomic mass is 16.5. The summed E-state index contributed by atoms with van der Waals surface area (Å²) in [6, 6.07) is 0. The van der Waals surface area contributed by atoms with Crippen LogP contribution in [0.3, 0.4) is 0 Å². The van der Waals surface area contributed by atoms with Crippen molar-refractivity contribution in [2.75, 3.05) is 0 Å². The predicted octanol–water partition coefficient (Wildman–Crippen LogP) is 4.10. The minimum atomic E-state index is -0.548. The first kappa shape index (κ1) is 16.9. The van der Waals surface area contributed by atoms with Gasteiger partial charge in [-0.05, 0) is 38.5 Å². The Morgan fingerprint density at radius 2 is 1.87 bits per heavy atom. The summed E-state index contributed by atoms with van der Waals surface area (Å²) in [5.41, 5.74) is -1.46. The molecule has 0 radical (unpaired) electrons. The van der Waals surface area contributed by atoms with Crippen LogP contribution in [0.15, 0.2) is 12.7 Å². The molecule has 0 aromatic carbocycles. The van der Waals surface area contributed by atoms with E-state index in [0.717, 1.165) is 38.4 Å². The lowest BCUT2D eigenvalue weighted by atomic mass is 9.44. The third-order valence-corrected chi connectivity index (χ3v) is 7.41. The smallest absolute Gasteiger partial charge is 0.137 e. The van der Waals surface area contributed by atoms with E-state index in [9.17, 15) is 9.59 Å². The summed E-state index contributed by atoms with van der Waals surface area (Å²) in [7, 11) is 0. The molecule has 0 aromatic heterocycles. The zero-order valence-electron chi connectivity index (χ0n) is 15.0. The lowest BCUT2D eigenvalue weighted by Gasteiger charge is -2.62. The van der Waals surface area contributed by atoms with Gasteiger partial charge in [-0.25, -0.2) is 0 Å². The van der Waals surface area contributed by atoms with E-state index >= 15 is 0 Å². The number of fused-ring (bicyclic) bond motifs is 2. The molecule has 0 N–H and O–H groups in total. The Balaban J connectivity index is 2.12. The Labute approximate surface area is 139 Å². The van der Waals surface area contributed by atoms with E-state index in [-0.39, 0.29) is 34.2 Å². The summed E-state index contributed by atoms with van der Waals surface area (Å²) in [5, 5.41) is 0. The molecule has 6 atom stereocenters. The van der Waals surface area contributed by atoms with Crippen LogP contribution in [0.4, 0.5) is 0 Å². The highest BCUT2D eigenvalue weighted by Gasteiger charge is 2.69. The summed E-state index contributed by atoms with van der Waals surface area (Å²) >= 11 is 0. The minimum absolute atomic E-state index is 0.187. The molecular formula is C20H30O3. The number of aldehydes is 1. The number of carbonyl (C=O) groups excluding carboxylic acids is 2. The first-order chi connectivity index (χ1) is 10.7. The molecule has 23 heavy (non-hydrogen) atoms. The SMILES string of the molecule is C=C[C@@]1(C)CC[C@@]2(O1)[C@@H](C)CC(=O)[C@H]1[C@@](C)(C=O)CCC[C@@]12C. The average Bonchev–Trinajstić information content (AvgIpc) is 2.86. The molecule has 1 aliphatic heterocycles. The van der Waals surface area contributed by atoms with Gasteiger partial charge in [-0.2, -0.15) is 0 Å². The fourth-order valence-electron chi connectivity index (χ4n) is 6.15. The van der Waals surface area contributed by atoms with Gasteiger partial charge in [-0.1, -0.05) is 33.3 Å². The molecular weight excluding hydrogens is 288 g/mol. The highest BCUT2D eigenvalue weighted by molar-refractivity contribution is 5.88. The molecule has 0 aromatic rings. The topological polar surface area (TPSA) is 43.4 Å². The van der Waals surface area contributed by atoms with Gasteiger partial charge in [0, 0.05) is 23.2 Å². The molecule has 1 heterocycles. The third-order valence-electron chi connectivity index (χ3n) is 7.41. The van der Waals surface area contributed by atoms with Crippen LogP contribution in [0.5, 0.6) is 0 Å². The molecule has 2 aliphatic carbocycles. The maximum absolute atomic E-state index is 13.0. The standard InChI is InChI=1S/C20H30O3/c1-6-18(4)10-11-20(23-18)14(2)12-15(22)16-17(3,13-21)8-7-9-19(16,20)5/h6,13-14,16H,1,7-12H2,2-5H3/t14-,16-,17+,18-,19-,20+/m0/s1. The van der Waals surface area contributed by atoms with Gasteiger partial charge in [0.1, 0.15) is 12.1 Å². The number of rotatable bonds is 2. The Hall–Kier alpha value is -0.960. The van der Waals surface area contributed by atoms with Crippen molar-refractivity contribution in [3.63, 3.8) is 0 Å². The van der Waals surface area contributed by atoms with Crippen LogP contribution in [0, 0.1) is 22.7 Å². The summed E-state index contributed by atoms with van der Waals surface area (Å²) in [6.07, 6.45) is 8.12. The number of Topliss-reactive ketones (excluding diaryl/α,β-unsaturated/α-hetero) is 1.